The molecule has 2 nitrogen and oxygen atoms in total. The minimum atomic E-state index is 0.662. The highest BCUT2D eigenvalue weighted by atomic mass is 16.1. The van der Waals surface area contributed by atoms with Gasteiger partial charge < -0.3 is 5.32 Å². The number of allylic oxidation sites excluding steroid dienone is 2. The van der Waals surface area contributed by atoms with E-state index in [-0.39, 0.29) is 0 Å². The van der Waals surface area contributed by atoms with E-state index in [1.54, 1.807) is 0 Å². The molecule has 0 saturated heterocycles. The highest BCUT2D eigenvalue weighted by Crippen LogP contribution is 1.78. The first-order valence-corrected chi connectivity index (χ1v) is 2.14. The Morgan fingerprint density at radius 2 is 2.29 bits per heavy atom. The van der Waals surface area contributed by atoms with E-state index in [0.717, 1.165) is 5.70 Å². The van der Waals surface area contributed by atoms with Crippen molar-refractivity contribution >= 4 is 6.41 Å². The van der Waals surface area contributed by atoms with E-state index in [9.17, 15) is 4.79 Å². The second kappa shape index (κ2) is 3.40. The van der Waals surface area contributed by atoms with Gasteiger partial charge in [0, 0.05) is 5.70 Å². The number of rotatable bonds is 2. The topological polar surface area (TPSA) is 29.1 Å². The second-order valence-corrected chi connectivity index (χ2v) is 1.23. The average Bonchev–Trinajstić information content (AvgIpc) is 1.68. The van der Waals surface area contributed by atoms with Crippen LogP contribution in [-0.4, -0.2) is 6.41 Å². The van der Waals surface area contributed by atoms with Crippen LogP contribution in [0.15, 0.2) is 11.8 Å². The summed E-state index contributed by atoms with van der Waals surface area (Å²) in [4.78, 5) is 9.62. The zero-order chi connectivity index (χ0) is 5.70. The van der Waals surface area contributed by atoms with Gasteiger partial charge in [-0.2, -0.15) is 0 Å². The predicted molar refractivity (Wildman–Crippen MR) is 28.6 cm³/mol. The zero-order valence-electron chi connectivity index (χ0n) is 4.56. The number of hydrogen-bond donors (Lipinski definition) is 1. The summed E-state index contributed by atoms with van der Waals surface area (Å²) < 4.78 is 0. The fourth-order valence-electron chi connectivity index (χ4n) is 0.176. The molecule has 0 bridgehead atoms. The van der Waals surface area contributed by atoms with Crippen LogP contribution in [0.1, 0.15) is 13.8 Å². The van der Waals surface area contributed by atoms with Gasteiger partial charge in [0.05, 0.1) is 0 Å². The molecule has 0 aliphatic carbocycles. The Kier molecular flexibility index (Phi) is 3.02. The van der Waals surface area contributed by atoms with Gasteiger partial charge in [-0.05, 0) is 13.8 Å². The van der Waals surface area contributed by atoms with Crippen molar-refractivity contribution in [2.75, 3.05) is 0 Å². The lowest BCUT2D eigenvalue weighted by Gasteiger charge is -1.90. The maximum Gasteiger partial charge on any atom is 0.211 e. The molecule has 2 heteroatoms. The molecule has 0 aromatic heterocycles. The van der Waals surface area contributed by atoms with Crippen LogP contribution in [0.4, 0.5) is 0 Å². The fraction of sp³-hybridized carbons (Fsp3) is 0.400. The number of amides is 1. The summed E-state index contributed by atoms with van der Waals surface area (Å²) in [7, 11) is 0. The van der Waals surface area contributed by atoms with Gasteiger partial charge in [0.15, 0.2) is 0 Å². The summed E-state index contributed by atoms with van der Waals surface area (Å²) in [6.07, 6.45) is 2.49. The normalized spacial score (nSPS) is 10.9. The summed E-state index contributed by atoms with van der Waals surface area (Å²) in [5.74, 6) is 0. The molecule has 0 unspecified atom stereocenters. The van der Waals surface area contributed by atoms with Gasteiger partial charge in [0.1, 0.15) is 0 Å². The third kappa shape index (κ3) is 3.03. The van der Waals surface area contributed by atoms with Crippen LogP contribution >= 0.6 is 0 Å². The lowest BCUT2D eigenvalue weighted by atomic mass is 10.5. The van der Waals surface area contributed by atoms with E-state index in [1.807, 2.05) is 19.9 Å². The number of nitrogens with one attached hydrogen (secondary N) is 1. The molecule has 0 aromatic carbocycles. The molecule has 0 radical (unpaired) electrons. The van der Waals surface area contributed by atoms with E-state index in [4.69, 9.17) is 0 Å². The third-order valence-electron chi connectivity index (χ3n) is 0.720. The summed E-state index contributed by atoms with van der Waals surface area (Å²) in [6.45, 7) is 3.69. The Balaban J connectivity index is 3.36. The molecule has 7 heavy (non-hydrogen) atoms. The van der Waals surface area contributed by atoms with Crippen molar-refractivity contribution in [3.63, 3.8) is 0 Å². The monoisotopic (exact) mass is 99.1 g/mol. The van der Waals surface area contributed by atoms with Gasteiger partial charge in [-0.25, -0.2) is 0 Å². The summed E-state index contributed by atoms with van der Waals surface area (Å²) in [5.41, 5.74) is 0.884. The van der Waals surface area contributed by atoms with E-state index in [1.165, 1.54) is 0 Å². The lowest BCUT2D eigenvalue weighted by Crippen LogP contribution is -2.05. The first kappa shape index (κ1) is 6.21. The molecule has 0 saturated carbocycles. The molecular formula is C5H9NO. The summed E-state index contributed by atoms with van der Waals surface area (Å²) in [6, 6.07) is 0. The fourth-order valence-corrected chi connectivity index (χ4v) is 0.176. The van der Waals surface area contributed by atoms with E-state index in [2.05, 4.69) is 5.32 Å². The Morgan fingerprint density at radius 3 is 2.43 bits per heavy atom. The van der Waals surface area contributed by atoms with Crippen LogP contribution in [-0.2, 0) is 4.79 Å². The van der Waals surface area contributed by atoms with Crippen LogP contribution < -0.4 is 5.32 Å². The zero-order valence-corrected chi connectivity index (χ0v) is 4.56. The van der Waals surface area contributed by atoms with Crippen molar-refractivity contribution in [1.29, 1.82) is 0 Å². The molecule has 1 N–H and O–H groups in total. The molecule has 0 spiro atoms. The summed E-state index contributed by atoms with van der Waals surface area (Å²) in [5, 5.41) is 2.48. The molecule has 0 fully saturated rings. The first-order valence-electron chi connectivity index (χ1n) is 2.14. The Labute approximate surface area is 43.2 Å². The maximum absolute atomic E-state index is 9.62. The van der Waals surface area contributed by atoms with Gasteiger partial charge in [0.25, 0.3) is 0 Å². The molecule has 1 amide bonds. The van der Waals surface area contributed by atoms with Gasteiger partial charge in [0.2, 0.25) is 6.41 Å². The highest BCUT2D eigenvalue weighted by molar-refractivity contribution is 5.49. The third-order valence-corrected chi connectivity index (χ3v) is 0.720. The largest absolute Gasteiger partial charge is 0.333 e. The van der Waals surface area contributed by atoms with E-state index in [0.29, 0.717) is 6.41 Å². The molecule has 0 heterocycles. The minimum Gasteiger partial charge on any atom is -0.333 e. The van der Waals surface area contributed by atoms with Crippen LogP contribution in [0.2, 0.25) is 0 Å². The minimum absolute atomic E-state index is 0.662. The molecule has 0 atom stereocenters. The standard InChI is InChI=1S/C5H9NO/c1-3-5(2)6-4-7/h3-4H,1-2H3,(H,6,7)/b5-3-. The van der Waals surface area contributed by atoms with Gasteiger partial charge in [-0.1, -0.05) is 6.08 Å². The smallest absolute Gasteiger partial charge is 0.211 e. The Bertz CT molecular complexity index is 86.1. The van der Waals surface area contributed by atoms with Crippen molar-refractivity contribution in [3.8, 4) is 0 Å². The van der Waals surface area contributed by atoms with Gasteiger partial charge in [-0.3, -0.25) is 4.79 Å². The molecular weight excluding hydrogens is 90.1 g/mol. The predicted octanol–water partition coefficient (Wildman–Crippen LogP) is 0.656. The quantitative estimate of drug-likeness (QED) is 0.506. The van der Waals surface area contributed by atoms with Gasteiger partial charge >= 0.3 is 0 Å². The second-order valence-electron chi connectivity index (χ2n) is 1.23. The lowest BCUT2D eigenvalue weighted by molar-refractivity contribution is -0.108. The van der Waals surface area contributed by atoms with Crippen LogP contribution in [0.5, 0.6) is 0 Å². The van der Waals surface area contributed by atoms with Crippen LogP contribution in [0.3, 0.4) is 0 Å². The molecule has 0 rings (SSSR count). The molecule has 0 aliphatic heterocycles. The Hall–Kier alpha value is -0.790. The maximum atomic E-state index is 9.62. The average molecular weight is 99.1 g/mol. The number of carbonyl (C=O) groups is 1. The number of hydrogen-bond acceptors (Lipinski definition) is 1. The number of carbonyl (C=O) groups excluding carboxylic acids is 1. The van der Waals surface area contributed by atoms with Crippen molar-refractivity contribution in [3.05, 3.63) is 11.8 Å². The Morgan fingerprint density at radius 1 is 1.71 bits per heavy atom. The highest BCUT2D eigenvalue weighted by Gasteiger charge is 1.75. The van der Waals surface area contributed by atoms with Crippen molar-refractivity contribution in [2.24, 2.45) is 0 Å². The molecule has 0 aromatic rings. The van der Waals surface area contributed by atoms with Crippen molar-refractivity contribution < 1.29 is 4.79 Å². The van der Waals surface area contributed by atoms with Crippen molar-refractivity contribution in [2.45, 2.75) is 13.8 Å². The van der Waals surface area contributed by atoms with Gasteiger partial charge in [-0.15, -0.1) is 0 Å². The van der Waals surface area contributed by atoms with E-state index < -0.39 is 0 Å². The SMILES string of the molecule is C/C=C(/C)NC=O. The van der Waals surface area contributed by atoms with Crippen LogP contribution in [0.25, 0.3) is 0 Å². The van der Waals surface area contributed by atoms with Crippen LogP contribution in [0, 0.1) is 0 Å². The van der Waals surface area contributed by atoms with E-state index >= 15 is 0 Å². The summed E-state index contributed by atoms with van der Waals surface area (Å²) >= 11 is 0. The van der Waals surface area contributed by atoms with Crippen molar-refractivity contribution in [1.82, 2.24) is 5.32 Å². The molecule has 40 valence electrons. The first-order chi connectivity index (χ1) is 3.31. The molecule has 0 aliphatic rings.